The lowest BCUT2D eigenvalue weighted by Gasteiger charge is -2.28. The molecule has 7 nitrogen and oxygen atoms in total. The van der Waals surface area contributed by atoms with Crippen LogP contribution in [0.5, 0.6) is 11.5 Å². The number of aliphatic carboxylic acids is 2. The summed E-state index contributed by atoms with van der Waals surface area (Å²) >= 11 is 0. The van der Waals surface area contributed by atoms with Crippen LogP contribution in [0.25, 0.3) is 11.6 Å². The number of likely N-dealkylation sites (tertiary alicyclic amines) is 1. The summed E-state index contributed by atoms with van der Waals surface area (Å²) in [5, 5.41) is 14.8. The van der Waals surface area contributed by atoms with Crippen molar-refractivity contribution in [3.05, 3.63) is 95.6 Å². The van der Waals surface area contributed by atoms with Crippen molar-refractivity contribution in [3.63, 3.8) is 0 Å². The molecule has 192 valence electrons. The van der Waals surface area contributed by atoms with Gasteiger partial charge in [-0.15, -0.1) is 0 Å². The van der Waals surface area contributed by atoms with Gasteiger partial charge < -0.3 is 19.7 Å². The Morgan fingerprint density at radius 2 is 1.57 bits per heavy atom. The Balaban J connectivity index is 0.000000480. The number of nitrogens with zero attached hydrogens (tertiary/aromatic N) is 1. The lowest BCUT2D eigenvalue weighted by Crippen LogP contribution is -2.33. The molecule has 2 heterocycles. The van der Waals surface area contributed by atoms with Crippen LogP contribution in [0.3, 0.4) is 0 Å². The van der Waals surface area contributed by atoms with E-state index in [1.54, 1.807) is 0 Å². The van der Waals surface area contributed by atoms with Crippen LogP contribution in [0.2, 0.25) is 0 Å². The minimum atomic E-state index is -1.82. The summed E-state index contributed by atoms with van der Waals surface area (Å²) in [5.41, 5.74) is 4.58. The SMILES string of the molecule is C1=C(c2ccccc2)C(c2cccc(OCCN3CCCCC3)c2)Oc2ccccc21.O=C(O)C(=O)O. The molecule has 5 rings (SSSR count). The monoisotopic (exact) mass is 501 g/mol. The molecule has 37 heavy (non-hydrogen) atoms. The Morgan fingerprint density at radius 1 is 0.865 bits per heavy atom. The number of carbonyl (C=O) groups is 2. The molecular weight excluding hydrogens is 470 g/mol. The Morgan fingerprint density at radius 3 is 2.30 bits per heavy atom. The summed E-state index contributed by atoms with van der Waals surface area (Å²) in [6, 6.07) is 27.1. The number of hydrogen-bond donors (Lipinski definition) is 2. The van der Waals surface area contributed by atoms with Crippen LogP contribution < -0.4 is 9.47 Å². The molecule has 3 aromatic carbocycles. The number of benzene rings is 3. The van der Waals surface area contributed by atoms with Gasteiger partial charge >= 0.3 is 11.9 Å². The maximum atomic E-state index is 9.10. The van der Waals surface area contributed by atoms with E-state index >= 15 is 0 Å². The van der Waals surface area contributed by atoms with Crippen molar-refractivity contribution in [2.45, 2.75) is 25.4 Å². The zero-order valence-electron chi connectivity index (χ0n) is 20.6. The molecule has 0 aliphatic carbocycles. The van der Waals surface area contributed by atoms with Crippen molar-refractivity contribution in [1.29, 1.82) is 0 Å². The summed E-state index contributed by atoms with van der Waals surface area (Å²) in [7, 11) is 0. The Bertz CT molecular complexity index is 1220. The zero-order valence-corrected chi connectivity index (χ0v) is 20.6. The quantitative estimate of drug-likeness (QED) is 0.438. The van der Waals surface area contributed by atoms with Gasteiger partial charge in [0.2, 0.25) is 0 Å². The molecule has 7 heteroatoms. The van der Waals surface area contributed by atoms with E-state index in [9.17, 15) is 0 Å². The third-order valence-corrected chi connectivity index (χ3v) is 6.33. The Kier molecular flexibility index (Phi) is 8.94. The van der Waals surface area contributed by atoms with Crippen LogP contribution in [0.1, 0.15) is 42.1 Å². The number of fused-ring (bicyclic) bond motifs is 1. The number of carboxylic acid groups (broad SMARTS) is 2. The molecule has 2 N–H and O–H groups in total. The Labute approximate surface area is 216 Å². The van der Waals surface area contributed by atoms with Gasteiger partial charge in [0.05, 0.1) is 0 Å². The van der Waals surface area contributed by atoms with Crippen molar-refractivity contribution in [3.8, 4) is 11.5 Å². The molecule has 0 saturated carbocycles. The Hall–Kier alpha value is -4.10. The van der Waals surface area contributed by atoms with Crippen molar-refractivity contribution in [2.24, 2.45) is 0 Å². The summed E-state index contributed by atoms with van der Waals surface area (Å²) < 4.78 is 12.6. The van der Waals surface area contributed by atoms with E-state index in [-0.39, 0.29) is 6.10 Å². The number of rotatable bonds is 6. The zero-order chi connectivity index (χ0) is 26.0. The van der Waals surface area contributed by atoms with Crippen LogP contribution in [0.15, 0.2) is 78.9 Å². The third kappa shape index (κ3) is 7.21. The van der Waals surface area contributed by atoms with E-state index in [1.807, 2.05) is 24.3 Å². The van der Waals surface area contributed by atoms with Crippen LogP contribution in [0, 0.1) is 0 Å². The molecule has 0 aromatic heterocycles. The second kappa shape index (κ2) is 12.7. The van der Waals surface area contributed by atoms with Gasteiger partial charge in [0.25, 0.3) is 0 Å². The first-order valence-corrected chi connectivity index (χ1v) is 12.5. The van der Waals surface area contributed by atoms with Gasteiger partial charge in [-0.25, -0.2) is 9.59 Å². The summed E-state index contributed by atoms with van der Waals surface area (Å²) in [4.78, 5) is 20.7. The first kappa shape index (κ1) is 26.0. The molecule has 2 aliphatic heterocycles. The number of para-hydroxylation sites is 1. The molecule has 1 unspecified atom stereocenters. The summed E-state index contributed by atoms with van der Waals surface area (Å²) in [5.74, 6) is -1.82. The van der Waals surface area contributed by atoms with Gasteiger partial charge in [0.1, 0.15) is 24.2 Å². The largest absolute Gasteiger partial charge is 0.492 e. The standard InChI is InChI=1S/C28H29NO2.C2H2O4/c1-3-10-22(11-4-1)26-21-23-12-5-6-15-27(23)31-28(26)24-13-9-14-25(20-24)30-19-18-29-16-7-2-8-17-29;3-1(4)2(5)6/h1,3-6,9-15,20-21,28H,2,7-8,16-19H2;(H,3,4)(H,5,6). The third-order valence-electron chi connectivity index (χ3n) is 6.33. The van der Waals surface area contributed by atoms with Crippen LogP contribution >= 0.6 is 0 Å². The molecule has 0 spiro atoms. The first-order chi connectivity index (χ1) is 18.0. The van der Waals surface area contributed by atoms with E-state index < -0.39 is 11.9 Å². The normalized spacial score (nSPS) is 16.8. The van der Waals surface area contributed by atoms with Crippen LogP contribution in [-0.4, -0.2) is 53.3 Å². The van der Waals surface area contributed by atoms with E-state index in [0.29, 0.717) is 0 Å². The fourth-order valence-corrected chi connectivity index (χ4v) is 4.50. The second-order valence-corrected chi connectivity index (χ2v) is 8.93. The van der Waals surface area contributed by atoms with Crippen molar-refractivity contribution >= 4 is 23.6 Å². The maximum Gasteiger partial charge on any atom is 0.414 e. The fourth-order valence-electron chi connectivity index (χ4n) is 4.50. The topological polar surface area (TPSA) is 96.3 Å². The summed E-state index contributed by atoms with van der Waals surface area (Å²) in [6.07, 6.45) is 6.07. The van der Waals surface area contributed by atoms with Crippen molar-refractivity contribution in [1.82, 2.24) is 4.90 Å². The molecule has 0 bridgehead atoms. The highest BCUT2D eigenvalue weighted by Gasteiger charge is 2.25. The minimum Gasteiger partial charge on any atom is -0.492 e. The number of hydrogen-bond acceptors (Lipinski definition) is 5. The molecule has 2 aliphatic rings. The lowest BCUT2D eigenvalue weighted by molar-refractivity contribution is -0.159. The molecular formula is C30H31NO6. The van der Waals surface area contributed by atoms with E-state index in [1.165, 1.54) is 43.5 Å². The van der Waals surface area contributed by atoms with Crippen molar-refractivity contribution in [2.75, 3.05) is 26.2 Å². The van der Waals surface area contributed by atoms with Gasteiger partial charge in [-0.1, -0.05) is 67.1 Å². The van der Waals surface area contributed by atoms with Gasteiger partial charge in [-0.2, -0.15) is 0 Å². The smallest absolute Gasteiger partial charge is 0.414 e. The highest BCUT2D eigenvalue weighted by molar-refractivity contribution is 6.27. The van der Waals surface area contributed by atoms with Gasteiger partial charge in [0.15, 0.2) is 0 Å². The predicted octanol–water partition coefficient (Wildman–Crippen LogP) is 5.38. The highest BCUT2D eigenvalue weighted by atomic mass is 16.5. The highest BCUT2D eigenvalue weighted by Crippen LogP contribution is 2.42. The molecule has 1 atom stereocenters. The van der Waals surface area contributed by atoms with Crippen LogP contribution in [-0.2, 0) is 9.59 Å². The lowest BCUT2D eigenvalue weighted by atomic mass is 9.91. The molecule has 0 amide bonds. The maximum absolute atomic E-state index is 9.10. The molecule has 1 saturated heterocycles. The summed E-state index contributed by atoms with van der Waals surface area (Å²) in [6.45, 7) is 4.11. The molecule has 1 fully saturated rings. The fraction of sp³-hybridized carbons (Fsp3) is 0.267. The van der Waals surface area contributed by atoms with Crippen molar-refractivity contribution < 1.29 is 29.3 Å². The molecule has 3 aromatic rings. The number of piperidine rings is 1. The average Bonchev–Trinajstić information content (AvgIpc) is 2.94. The number of ether oxygens (including phenoxy) is 2. The molecule has 0 radical (unpaired) electrons. The van der Waals surface area contributed by atoms with Gasteiger partial charge in [-0.05, 0) is 55.8 Å². The minimum absolute atomic E-state index is 0.164. The number of carboxylic acids is 2. The van der Waals surface area contributed by atoms with E-state index in [2.05, 4.69) is 65.6 Å². The second-order valence-electron chi connectivity index (χ2n) is 8.93. The van der Waals surface area contributed by atoms with E-state index in [4.69, 9.17) is 29.3 Å². The van der Waals surface area contributed by atoms with E-state index in [0.717, 1.165) is 35.8 Å². The van der Waals surface area contributed by atoms with Gasteiger partial charge in [0, 0.05) is 23.2 Å². The predicted molar refractivity (Wildman–Crippen MR) is 142 cm³/mol. The first-order valence-electron chi connectivity index (χ1n) is 12.5. The van der Waals surface area contributed by atoms with Gasteiger partial charge in [-0.3, -0.25) is 4.90 Å². The van der Waals surface area contributed by atoms with Crippen LogP contribution in [0.4, 0.5) is 0 Å². The average molecular weight is 502 g/mol.